The van der Waals surface area contributed by atoms with Crippen LogP contribution in [0.3, 0.4) is 0 Å². The SMILES string of the molecule is CCCCCCCCCCCCCCCCCCCCCCCC(=O)OC(COCCCCCCCCCCCC)COC1OC(COC2OC(CO)C(O)C(O)C2O)C(O)C(O)C1O. The van der Waals surface area contributed by atoms with Gasteiger partial charge in [0.25, 0.3) is 0 Å². The fourth-order valence-corrected chi connectivity index (χ4v) is 8.76. The Labute approximate surface area is 393 Å². The number of carbonyl (C=O) groups is 1. The number of unbranched alkanes of at least 4 members (excludes halogenated alkanes) is 29. The van der Waals surface area contributed by atoms with Crippen LogP contribution in [0, 0.1) is 0 Å². The number of ether oxygens (including phenoxy) is 6. The summed E-state index contributed by atoms with van der Waals surface area (Å²) in [5, 5.41) is 72.1. The molecule has 2 heterocycles. The van der Waals surface area contributed by atoms with Crippen LogP contribution in [-0.4, -0.2) is 142 Å². The maximum absolute atomic E-state index is 13.0. The van der Waals surface area contributed by atoms with Crippen molar-refractivity contribution in [2.24, 2.45) is 0 Å². The molecule has 0 aromatic rings. The van der Waals surface area contributed by atoms with Crippen molar-refractivity contribution >= 4 is 5.97 Å². The van der Waals surface area contributed by atoms with Crippen LogP contribution in [0.25, 0.3) is 0 Å². The molecule has 2 saturated heterocycles. The molecule has 14 nitrogen and oxygen atoms in total. The van der Waals surface area contributed by atoms with Gasteiger partial charge in [0, 0.05) is 13.0 Å². The summed E-state index contributed by atoms with van der Waals surface area (Å²) >= 11 is 0. The molecule has 2 aliphatic heterocycles. The molecule has 386 valence electrons. The monoisotopic (exact) mass is 935 g/mol. The molecule has 0 spiro atoms. The highest BCUT2D eigenvalue weighted by atomic mass is 16.7. The summed E-state index contributed by atoms with van der Waals surface area (Å²) in [5.74, 6) is -0.370. The molecule has 65 heavy (non-hydrogen) atoms. The molecular formula is C51H98O14. The third-order valence-electron chi connectivity index (χ3n) is 13.1. The van der Waals surface area contributed by atoms with Gasteiger partial charge in [-0.2, -0.15) is 0 Å². The predicted octanol–water partition coefficient (Wildman–Crippen LogP) is 8.08. The maximum Gasteiger partial charge on any atom is 0.306 e. The number of esters is 1. The second-order valence-electron chi connectivity index (χ2n) is 19.1. The summed E-state index contributed by atoms with van der Waals surface area (Å²) in [6, 6.07) is 0. The van der Waals surface area contributed by atoms with Crippen molar-refractivity contribution in [3.63, 3.8) is 0 Å². The number of rotatable bonds is 43. The summed E-state index contributed by atoms with van der Waals surface area (Å²) in [5.41, 5.74) is 0. The molecule has 0 aromatic heterocycles. The van der Waals surface area contributed by atoms with E-state index < -0.39 is 80.7 Å². The van der Waals surface area contributed by atoms with E-state index in [1.54, 1.807) is 0 Å². The van der Waals surface area contributed by atoms with E-state index in [4.69, 9.17) is 28.4 Å². The van der Waals surface area contributed by atoms with Gasteiger partial charge in [0.2, 0.25) is 0 Å². The van der Waals surface area contributed by atoms with Gasteiger partial charge in [-0.15, -0.1) is 0 Å². The van der Waals surface area contributed by atoms with E-state index in [1.165, 1.54) is 154 Å². The van der Waals surface area contributed by atoms with Crippen LogP contribution in [0.1, 0.15) is 219 Å². The molecule has 7 N–H and O–H groups in total. The van der Waals surface area contributed by atoms with Crippen LogP contribution in [0.4, 0.5) is 0 Å². The average Bonchev–Trinajstić information content (AvgIpc) is 3.30. The second-order valence-corrected chi connectivity index (χ2v) is 19.1. The van der Waals surface area contributed by atoms with Gasteiger partial charge in [0.1, 0.15) is 54.9 Å². The Morgan fingerprint density at radius 3 is 1.25 bits per heavy atom. The Morgan fingerprint density at radius 1 is 0.446 bits per heavy atom. The minimum Gasteiger partial charge on any atom is -0.457 e. The summed E-state index contributed by atoms with van der Waals surface area (Å²) < 4.78 is 34.3. The van der Waals surface area contributed by atoms with Crippen molar-refractivity contribution in [1.82, 2.24) is 0 Å². The second kappa shape index (κ2) is 39.8. The fourth-order valence-electron chi connectivity index (χ4n) is 8.76. The topological polar surface area (TPSA) is 214 Å². The first kappa shape index (κ1) is 60.1. The molecule has 14 heteroatoms. The van der Waals surface area contributed by atoms with Crippen LogP contribution in [-0.2, 0) is 33.2 Å². The van der Waals surface area contributed by atoms with Crippen molar-refractivity contribution in [2.75, 3.05) is 33.0 Å². The Morgan fingerprint density at radius 2 is 0.815 bits per heavy atom. The summed E-state index contributed by atoms with van der Waals surface area (Å²) in [6.45, 7) is 3.72. The number of aliphatic hydroxyl groups is 7. The van der Waals surface area contributed by atoms with E-state index in [0.29, 0.717) is 6.61 Å². The van der Waals surface area contributed by atoms with Crippen molar-refractivity contribution in [3.8, 4) is 0 Å². The molecule has 0 aliphatic carbocycles. The standard InChI is InChI=1S/C51H98O14/c1-3-5-7-9-11-13-15-16-17-18-19-20-21-22-23-24-25-26-28-30-32-34-43(53)63-40(37-60-35-33-31-29-27-14-12-10-8-6-4-2)38-61-50-49(59)47(57)45(55)42(65-50)39-62-51-48(58)46(56)44(54)41(36-52)64-51/h40-42,44-52,54-59H,3-39H2,1-2H3. The van der Waals surface area contributed by atoms with E-state index in [9.17, 15) is 40.5 Å². The van der Waals surface area contributed by atoms with Crippen LogP contribution in [0.2, 0.25) is 0 Å². The highest BCUT2D eigenvalue weighted by molar-refractivity contribution is 5.69. The molecule has 0 aromatic carbocycles. The van der Waals surface area contributed by atoms with Gasteiger partial charge in [-0.05, 0) is 12.8 Å². The lowest BCUT2D eigenvalue weighted by molar-refractivity contribution is -0.332. The molecule has 2 fully saturated rings. The highest BCUT2D eigenvalue weighted by Crippen LogP contribution is 2.27. The van der Waals surface area contributed by atoms with E-state index in [0.717, 1.165) is 44.9 Å². The summed E-state index contributed by atoms with van der Waals surface area (Å²) in [4.78, 5) is 13.0. The van der Waals surface area contributed by atoms with E-state index in [2.05, 4.69) is 13.8 Å². The zero-order chi connectivity index (χ0) is 47.3. The van der Waals surface area contributed by atoms with Gasteiger partial charge < -0.3 is 64.2 Å². The minimum absolute atomic E-state index is 0.0696. The lowest BCUT2D eigenvalue weighted by atomic mass is 9.98. The van der Waals surface area contributed by atoms with Gasteiger partial charge in [-0.1, -0.05) is 200 Å². The maximum atomic E-state index is 13.0. The molecule has 2 aliphatic rings. The van der Waals surface area contributed by atoms with Crippen LogP contribution >= 0.6 is 0 Å². The van der Waals surface area contributed by atoms with E-state index in [-0.39, 0.29) is 25.6 Å². The van der Waals surface area contributed by atoms with Gasteiger partial charge in [-0.25, -0.2) is 0 Å². The zero-order valence-corrected chi connectivity index (χ0v) is 41.0. The molecule has 0 bridgehead atoms. The number of hydrogen-bond donors (Lipinski definition) is 7. The third-order valence-corrected chi connectivity index (χ3v) is 13.1. The molecular weight excluding hydrogens is 837 g/mol. The molecule has 0 amide bonds. The average molecular weight is 935 g/mol. The summed E-state index contributed by atoms with van der Waals surface area (Å²) in [6.07, 6.45) is 23.2. The van der Waals surface area contributed by atoms with Crippen molar-refractivity contribution in [3.05, 3.63) is 0 Å². The molecule has 0 saturated carbocycles. The zero-order valence-electron chi connectivity index (χ0n) is 41.0. The fraction of sp³-hybridized carbons (Fsp3) is 0.980. The largest absolute Gasteiger partial charge is 0.457 e. The summed E-state index contributed by atoms with van der Waals surface area (Å²) in [7, 11) is 0. The normalized spacial score (nSPS) is 26.4. The van der Waals surface area contributed by atoms with Crippen LogP contribution in [0.5, 0.6) is 0 Å². The smallest absolute Gasteiger partial charge is 0.306 e. The molecule has 2 rings (SSSR count). The van der Waals surface area contributed by atoms with Crippen molar-refractivity contribution in [2.45, 2.75) is 287 Å². The Balaban J connectivity index is 1.70. The molecule has 11 unspecified atom stereocenters. The third kappa shape index (κ3) is 27.7. The highest BCUT2D eigenvalue weighted by Gasteiger charge is 2.47. The van der Waals surface area contributed by atoms with Gasteiger partial charge in [0.15, 0.2) is 12.6 Å². The first-order valence-corrected chi connectivity index (χ1v) is 26.6. The number of aliphatic hydroxyl groups excluding tert-OH is 7. The number of carbonyl (C=O) groups excluding carboxylic acids is 1. The number of hydrogen-bond acceptors (Lipinski definition) is 14. The van der Waals surface area contributed by atoms with Crippen LogP contribution < -0.4 is 0 Å². The van der Waals surface area contributed by atoms with Gasteiger partial charge in [-0.3, -0.25) is 4.79 Å². The Bertz CT molecular complexity index is 1090. The van der Waals surface area contributed by atoms with Crippen molar-refractivity contribution < 1.29 is 69.0 Å². The lowest BCUT2D eigenvalue weighted by Gasteiger charge is -2.42. The van der Waals surface area contributed by atoms with Gasteiger partial charge in [0.05, 0.1) is 26.4 Å². The first-order valence-electron chi connectivity index (χ1n) is 26.6. The Hall–Kier alpha value is -1.01. The van der Waals surface area contributed by atoms with Gasteiger partial charge >= 0.3 is 5.97 Å². The quantitative estimate of drug-likeness (QED) is 0.0228. The molecule has 11 atom stereocenters. The van der Waals surface area contributed by atoms with E-state index in [1.807, 2.05) is 0 Å². The predicted molar refractivity (Wildman–Crippen MR) is 252 cm³/mol. The van der Waals surface area contributed by atoms with E-state index >= 15 is 0 Å². The van der Waals surface area contributed by atoms with Crippen LogP contribution in [0.15, 0.2) is 0 Å². The first-order chi connectivity index (χ1) is 31.6. The van der Waals surface area contributed by atoms with Crippen molar-refractivity contribution in [1.29, 1.82) is 0 Å². The molecule has 0 radical (unpaired) electrons. The lowest BCUT2D eigenvalue weighted by Crippen LogP contribution is -2.61. The Kier molecular flexibility index (Phi) is 36.8. The minimum atomic E-state index is -1.70.